The van der Waals surface area contributed by atoms with Gasteiger partial charge in [-0.3, -0.25) is 9.59 Å². The molecular weight excluding hydrogens is 230 g/mol. The molecule has 1 amide bonds. The quantitative estimate of drug-likeness (QED) is 0.395. The molecule has 0 radical (unpaired) electrons. The van der Waals surface area contributed by atoms with Crippen LogP contribution < -0.4 is 0 Å². The van der Waals surface area contributed by atoms with E-state index in [4.69, 9.17) is 4.74 Å². The van der Waals surface area contributed by atoms with Crippen molar-refractivity contribution in [2.75, 3.05) is 26.3 Å². The summed E-state index contributed by atoms with van der Waals surface area (Å²) in [6, 6.07) is 0. The van der Waals surface area contributed by atoms with E-state index in [9.17, 15) is 9.59 Å². The topological polar surface area (TPSA) is 46.6 Å². The zero-order valence-corrected chi connectivity index (χ0v) is 11.2. The Labute approximate surface area is 109 Å². The second-order valence-corrected chi connectivity index (χ2v) is 4.67. The van der Waals surface area contributed by atoms with Gasteiger partial charge in [-0.25, -0.2) is 0 Å². The molecule has 1 atom stereocenters. The molecule has 1 aliphatic heterocycles. The molecule has 1 fully saturated rings. The Morgan fingerprint density at radius 3 is 2.56 bits per heavy atom. The van der Waals surface area contributed by atoms with Crippen LogP contribution in [0.25, 0.3) is 0 Å². The molecule has 4 heteroatoms. The number of nitrogens with zero attached hydrogens (tertiary/aromatic N) is 1. The van der Waals surface area contributed by atoms with E-state index in [2.05, 4.69) is 6.58 Å². The van der Waals surface area contributed by atoms with Crippen LogP contribution in [0.1, 0.15) is 32.6 Å². The van der Waals surface area contributed by atoms with Crippen LogP contribution in [0.5, 0.6) is 0 Å². The van der Waals surface area contributed by atoms with Crippen molar-refractivity contribution in [3.8, 4) is 0 Å². The average molecular weight is 253 g/mol. The molecule has 0 aliphatic carbocycles. The third-order valence-electron chi connectivity index (χ3n) is 3.26. The van der Waals surface area contributed by atoms with Crippen molar-refractivity contribution in [3.05, 3.63) is 12.7 Å². The van der Waals surface area contributed by atoms with E-state index in [0.717, 1.165) is 19.3 Å². The maximum Gasteiger partial charge on any atom is 0.233 e. The average Bonchev–Trinajstić information content (AvgIpc) is 2.39. The van der Waals surface area contributed by atoms with Crippen molar-refractivity contribution in [2.45, 2.75) is 32.6 Å². The Kier molecular flexibility index (Phi) is 6.65. The molecule has 0 aromatic carbocycles. The summed E-state index contributed by atoms with van der Waals surface area (Å²) in [7, 11) is 0. The molecule has 18 heavy (non-hydrogen) atoms. The van der Waals surface area contributed by atoms with E-state index in [-0.39, 0.29) is 11.7 Å². The van der Waals surface area contributed by atoms with Gasteiger partial charge in [-0.2, -0.15) is 0 Å². The molecule has 1 saturated heterocycles. The SMILES string of the molecule is C=CCCCCC(C(C)=O)C(=O)N1CCOCC1. The van der Waals surface area contributed by atoms with Gasteiger partial charge < -0.3 is 9.64 Å². The lowest BCUT2D eigenvalue weighted by molar-refractivity contribution is -0.144. The van der Waals surface area contributed by atoms with Gasteiger partial charge >= 0.3 is 0 Å². The van der Waals surface area contributed by atoms with Crippen molar-refractivity contribution < 1.29 is 14.3 Å². The predicted octanol–water partition coefficient (Wildman–Crippen LogP) is 1.80. The number of allylic oxidation sites excluding steroid dienone is 1. The van der Waals surface area contributed by atoms with Crippen molar-refractivity contribution in [2.24, 2.45) is 5.92 Å². The summed E-state index contributed by atoms with van der Waals surface area (Å²) >= 11 is 0. The first-order valence-electron chi connectivity index (χ1n) is 6.64. The highest BCUT2D eigenvalue weighted by atomic mass is 16.5. The van der Waals surface area contributed by atoms with Crippen LogP contribution in [0, 0.1) is 5.92 Å². The lowest BCUT2D eigenvalue weighted by Crippen LogP contribution is -2.45. The minimum atomic E-state index is -0.465. The van der Waals surface area contributed by atoms with Crippen LogP contribution in [-0.2, 0) is 14.3 Å². The lowest BCUT2D eigenvalue weighted by Gasteiger charge is -2.29. The van der Waals surface area contributed by atoms with Gasteiger partial charge in [0.05, 0.1) is 19.1 Å². The fraction of sp³-hybridized carbons (Fsp3) is 0.714. The lowest BCUT2D eigenvalue weighted by atomic mass is 9.95. The predicted molar refractivity (Wildman–Crippen MR) is 70.2 cm³/mol. The highest BCUT2D eigenvalue weighted by Crippen LogP contribution is 2.15. The Balaban J connectivity index is 2.46. The fourth-order valence-electron chi connectivity index (χ4n) is 2.14. The number of unbranched alkanes of at least 4 members (excludes halogenated alkanes) is 2. The number of carbonyl (C=O) groups excluding carboxylic acids is 2. The minimum Gasteiger partial charge on any atom is -0.378 e. The largest absolute Gasteiger partial charge is 0.378 e. The van der Waals surface area contributed by atoms with Crippen LogP contribution >= 0.6 is 0 Å². The van der Waals surface area contributed by atoms with E-state index >= 15 is 0 Å². The van der Waals surface area contributed by atoms with Crippen molar-refractivity contribution in [1.82, 2.24) is 4.90 Å². The first kappa shape index (κ1) is 14.9. The van der Waals surface area contributed by atoms with Crippen molar-refractivity contribution in [1.29, 1.82) is 0 Å². The molecule has 1 unspecified atom stereocenters. The van der Waals surface area contributed by atoms with Crippen LogP contribution in [0.15, 0.2) is 12.7 Å². The fourth-order valence-corrected chi connectivity index (χ4v) is 2.14. The standard InChI is InChI=1S/C14H23NO3/c1-3-4-5-6-7-13(12(2)16)14(17)15-8-10-18-11-9-15/h3,13H,1,4-11H2,2H3. The summed E-state index contributed by atoms with van der Waals surface area (Å²) in [6.45, 7) is 7.54. The van der Waals surface area contributed by atoms with Gasteiger partial charge in [0.25, 0.3) is 0 Å². The van der Waals surface area contributed by atoms with Crippen LogP contribution in [0.4, 0.5) is 0 Å². The summed E-state index contributed by atoms with van der Waals surface area (Å²) in [4.78, 5) is 25.6. The molecule has 1 heterocycles. The maximum absolute atomic E-state index is 12.2. The molecule has 0 aromatic rings. The number of amides is 1. The first-order valence-corrected chi connectivity index (χ1v) is 6.64. The monoisotopic (exact) mass is 253 g/mol. The molecule has 0 bridgehead atoms. The van der Waals surface area contributed by atoms with E-state index < -0.39 is 5.92 Å². The Morgan fingerprint density at radius 1 is 1.33 bits per heavy atom. The van der Waals surface area contributed by atoms with E-state index in [0.29, 0.717) is 32.7 Å². The highest BCUT2D eigenvalue weighted by Gasteiger charge is 2.28. The summed E-state index contributed by atoms with van der Waals surface area (Å²) in [5.41, 5.74) is 0. The molecular formula is C14H23NO3. The van der Waals surface area contributed by atoms with E-state index in [1.807, 2.05) is 6.08 Å². The van der Waals surface area contributed by atoms with Crippen molar-refractivity contribution >= 4 is 11.7 Å². The number of Topliss-reactive ketones (excluding diaryl/α,β-unsaturated/α-hetero) is 1. The van der Waals surface area contributed by atoms with Gasteiger partial charge in [0.15, 0.2) is 0 Å². The third kappa shape index (κ3) is 4.61. The number of ketones is 1. The highest BCUT2D eigenvalue weighted by molar-refractivity contribution is 6.00. The van der Waals surface area contributed by atoms with Gasteiger partial charge in [0, 0.05) is 13.1 Å². The van der Waals surface area contributed by atoms with E-state index in [1.54, 1.807) is 4.90 Å². The van der Waals surface area contributed by atoms with Crippen LogP contribution in [0.3, 0.4) is 0 Å². The van der Waals surface area contributed by atoms with Crippen molar-refractivity contribution in [3.63, 3.8) is 0 Å². The Bertz CT molecular complexity index is 295. The normalized spacial score (nSPS) is 17.3. The van der Waals surface area contributed by atoms with E-state index in [1.165, 1.54) is 6.92 Å². The van der Waals surface area contributed by atoms with Gasteiger partial charge in [-0.15, -0.1) is 6.58 Å². The number of carbonyl (C=O) groups is 2. The van der Waals surface area contributed by atoms with Gasteiger partial charge in [-0.05, 0) is 26.2 Å². The third-order valence-corrected chi connectivity index (χ3v) is 3.26. The molecule has 102 valence electrons. The molecule has 1 rings (SSSR count). The Hall–Kier alpha value is -1.16. The smallest absolute Gasteiger partial charge is 0.233 e. The summed E-state index contributed by atoms with van der Waals surface area (Å²) in [6.07, 6.45) is 5.35. The zero-order valence-electron chi connectivity index (χ0n) is 11.2. The second kappa shape index (κ2) is 8.03. The van der Waals surface area contributed by atoms with Gasteiger partial charge in [0.2, 0.25) is 5.91 Å². The number of hydrogen-bond donors (Lipinski definition) is 0. The molecule has 0 saturated carbocycles. The summed E-state index contributed by atoms with van der Waals surface area (Å²) in [5, 5.41) is 0. The molecule has 0 N–H and O–H groups in total. The molecule has 1 aliphatic rings. The summed E-state index contributed by atoms with van der Waals surface area (Å²) in [5.74, 6) is -0.512. The summed E-state index contributed by atoms with van der Waals surface area (Å²) < 4.78 is 5.21. The molecule has 0 aromatic heterocycles. The number of hydrogen-bond acceptors (Lipinski definition) is 3. The molecule has 0 spiro atoms. The number of rotatable bonds is 7. The van der Waals surface area contributed by atoms with Crippen LogP contribution in [-0.4, -0.2) is 42.9 Å². The van der Waals surface area contributed by atoms with Crippen LogP contribution in [0.2, 0.25) is 0 Å². The minimum absolute atomic E-state index is 0.0231. The molecule has 4 nitrogen and oxygen atoms in total. The number of ether oxygens (including phenoxy) is 1. The zero-order chi connectivity index (χ0) is 13.4. The maximum atomic E-state index is 12.2. The second-order valence-electron chi connectivity index (χ2n) is 4.67. The van der Waals surface area contributed by atoms with Gasteiger partial charge in [0.1, 0.15) is 5.78 Å². The first-order chi connectivity index (χ1) is 8.66. The van der Waals surface area contributed by atoms with Gasteiger partial charge in [-0.1, -0.05) is 12.5 Å². The Morgan fingerprint density at radius 2 is 2.00 bits per heavy atom. The number of morpholine rings is 1.